The van der Waals surface area contributed by atoms with Crippen LogP contribution < -0.4 is 4.74 Å². The predicted molar refractivity (Wildman–Crippen MR) is 131 cm³/mol. The normalized spacial score (nSPS) is 11.8. The molecule has 0 unspecified atom stereocenters. The largest absolute Gasteiger partial charge is 0.491 e. The maximum Gasteiger partial charge on any atom is 0.330 e. The van der Waals surface area contributed by atoms with Crippen LogP contribution in [0.2, 0.25) is 0 Å². The van der Waals surface area contributed by atoms with Crippen LogP contribution in [0.15, 0.2) is 53.4 Å². The molecule has 6 nitrogen and oxygen atoms in total. The lowest BCUT2D eigenvalue weighted by Crippen LogP contribution is -2.15. The number of sulfone groups is 1. The second kappa shape index (κ2) is 13.2. The van der Waals surface area contributed by atoms with Crippen molar-refractivity contribution >= 4 is 21.9 Å². The second-order valence-corrected chi connectivity index (χ2v) is 10.2. The molecule has 0 heterocycles. The van der Waals surface area contributed by atoms with Gasteiger partial charge in [-0.1, -0.05) is 31.5 Å². The van der Waals surface area contributed by atoms with E-state index in [1.807, 2.05) is 24.3 Å². The van der Waals surface area contributed by atoms with E-state index >= 15 is 0 Å². The first kappa shape index (κ1) is 26.6. The van der Waals surface area contributed by atoms with Crippen LogP contribution in [0.1, 0.15) is 46.1 Å². The molecule has 0 saturated carbocycles. The first-order chi connectivity index (χ1) is 15.8. The van der Waals surface area contributed by atoms with E-state index in [2.05, 4.69) is 6.92 Å². The molecule has 0 spiro atoms. The van der Waals surface area contributed by atoms with Gasteiger partial charge in [-0.05, 0) is 74.2 Å². The van der Waals surface area contributed by atoms with Gasteiger partial charge in [0.2, 0.25) is 0 Å². The fourth-order valence-electron chi connectivity index (χ4n) is 3.03. The molecule has 180 valence electrons. The van der Waals surface area contributed by atoms with Crippen LogP contribution in [-0.2, 0) is 24.1 Å². The Labute approximate surface area is 197 Å². The summed E-state index contributed by atoms with van der Waals surface area (Å²) in [6.07, 6.45) is 4.89. The van der Waals surface area contributed by atoms with Gasteiger partial charge in [0, 0.05) is 12.7 Å². The molecule has 7 heteroatoms. The number of rotatable bonds is 13. The van der Waals surface area contributed by atoms with Gasteiger partial charge >= 0.3 is 5.97 Å². The van der Waals surface area contributed by atoms with Crippen LogP contribution in [0.5, 0.6) is 5.75 Å². The van der Waals surface area contributed by atoms with Gasteiger partial charge in [-0.2, -0.15) is 0 Å². The SMILES string of the molecule is CCCCOCCOc1ccc(-c2ccc(S(=O)(=O)C(C)C)c(/C=C/C(=O)OCC)c2)cc1. The standard InChI is InChI=1S/C26H34O6S/c1-5-7-16-30-17-18-32-24-12-8-21(9-13-24)22-10-14-25(33(28,29)20(3)4)23(19-22)11-15-26(27)31-6-2/h8-15,19-20H,5-7,16-18H2,1-4H3/b15-11+. The van der Waals surface area contributed by atoms with Crippen molar-refractivity contribution in [2.75, 3.05) is 26.4 Å². The smallest absolute Gasteiger partial charge is 0.330 e. The molecule has 0 aromatic heterocycles. The highest BCUT2D eigenvalue weighted by atomic mass is 32.2. The van der Waals surface area contributed by atoms with Crippen molar-refractivity contribution in [2.45, 2.75) is 50.7 Å². The molecule has 0 aliphatic carbocycles. The molecule has 33 heavy (non-hydrogen) atoms. The van der Waals surface area contributed by atoms with Crippen molar-refractivity contribution in [1.82, 2.24) is 0 Å². The first-order valence-corrected chi connectivity index (χ1v) is 12.9. The molecule has 2 aromatic rings. The minimum atomic E-state index is -3.53. The van der Waals surface area contributed by atoms with Gasteiger partial charge in [-0.3, -0.25) is 0 Å². The number of unbranched alkanes of at least 4 members (excludes halogenated alkanes) is 1. The lowest BCUT2D eigenvalue weighted by atomic mass is 10.0. The highest BCUT2D eigenvalue weighted by Gasteiger charge is 2.22. The van der Waals surface area contributed by atoms with Crippen molar-refractivity contribution in [2.24, 2.45) is 0 Å². The van der Waals surface area contributed by atoms with Crippen LogP contribution in [0.3, 0.4) is 0 Å². The molecule has 0 aliphatic rings. The van der Waals surface area contributed by atoms with Crippen LogP contribution in [0, 0.1) is 0 Å². The summed E-state index contributed by atoms with van der Waals surface area (Å²) in [5, 5.41) is -0.583. The van der Waals surface area contributed by atoms with Crippen LogP contribution in [0.4, 0.5) is 0 Å². The Morgan fingerprint density at radius 2 is 1.67 bits per heavy atom. The number of carbonyl (C=O) groups is 1. The molecular formula is C26H34O6S. The highest BCUT2D eigenvalue weighted by molar-refractivity contribution is 7.92. The third-order valence-electron chi connectivity index (χ3n) is 4.95. The molecule has 0 atom stereocenters. The summed E-state index contributed by atoms with van der Waals surface area (Å²) in [4.78, 5) is 12.0. The number of carbonyl (C=O) groups excluding carboxylic acids is 1. The average Bonchev–Trinajstić information content (AvgIpc) is 2.80. The molecule has 0 aliphatic heterocycles. The van der Waals surface area contributed by atoms with E-state index < -0.39 is 21.1 Å². The number of ether oxygens (including phenoxy) is 3. The zero-order valence-corrected chi connectivity index (χ0v) is 20.7. The summed E-state index contributed by atoms with van der Waals surface area (Å²) in [6.45, 7) is 9.13. The van der Waals surface area contributed by atoms with E-state index in [1.54, 1.807) is 39.0 Å². The average molecular weight is 475 g/mol. The van der Waals surface area contributed by atoms with E-state index in [9.17, 15) is 13.2 Å². The number of benzene rings is 2. The van der Waals surface area contributed by atoms with Crippen molar-refractivity contribution < 1.29 is 27.4 Å². The molecule has 2 rings (SSSR count). The fourth-order valence-corrected chi connectivity index (χ4v) is 4.25. The van der Waals surface area contributed by atoms with E-state index in [-0.39, 0.29) is 11.5 Å². The maximum absolute atomic E-state index is 12.8. The summed E-state index contributed by atoms with van der Waals surface area (Å²) in [7, 11) is -3.53. The molecule has 0 saturated heterocycles. The Balaban J connectivity index is 2.22. The number of esters is 1. The predicted octanol–water partition coefficient (Wildman–Crippen LogP) is 5.31. The van der Waals surface area contributed by atoms with Gasteiger partial charge < -0.3 is 14.2 Å². The lowest BCUT2D eigenvalue weighted by molar-refractivity contribution is -0.137. The zero-order chi connectivity index (χ0) is 24.3. The molecule has 0 N–H and O–H groups in total. The fraction of sp³-hybridized carbons (Fsp3) is 0.423. The molecule has 0 amide bonds. The van der Waals surface area contributed by atoms with Gasteiger partial charge in [0.15, 0.2) is 9.84 Å². The van der Waals surface area contributed by atoms with E-state index in [1.165, 1.54) is 12.2 Å². The second-order valence-electron chi connectivity index (χ2n) is 7.77. The minimum Gasteiger partial charge on any atom is -0.491 e. The van der Waals surface area contributed by atoms with Crippen molar-refractivity contribution in [3.05, 3.63) is 54.1 Å². The molecular weight excluding hydrogens is 440 g/mol. The minimum absolute atomic E-state index is 0.185. The van der Waals surface area contributed by atoms with Gasteiger partial charge in [-0.25, -0.2) is 13.2 Å². The van der Waals surface area contributed by atoms with E-state index in [4.69, 9.17) is 14.2 Å². The molecule has 2 aromatic carbocycles. The zero-order valence-electron chi connectivity index (χ0n) is 19.9. The number of hydrogen-bond acceptors (Lipinski definition) is 6. The Kier molecular flexibility index (Phi) is 10.6. The topological polar surface area (TPSA) is 78.9 Å². The van der Waals surface area contributed by atoms with Crippen molar-refractivity contribution in [3.63, 3.8) is 0 Å². The van der Waals surface area contributed by atoms with Crippen LogP contribution in [-0.4, -0.2) is 46.1 Å². The van der Waals surface area contributed by atoms with E-state index in [0.29, 0.717) is 18.8 Å². The quantitative estimate of drug-likeness (QED) is 0.222. The maximum atomic E-state index is 12.8. The van der Waals surface area contributed by atoms with Gasteiger partial charge in [0.25, 0.3) is 0 Å². The van der Waals surface area contributed by atoms with Gasteiger partial charge in [0.05, 0.1) is 23.4 Å². The van der Waals surface area contributed by atoms with Crippen LogP contribution in [0.25, 0.3) is 17.2 Å². The summed E-state index contributed by atoms with van der Waals surface area (Å²) >= 11 is 0. The van der Waals surface area contributed by atoms with Gasteiger partial charge in [-0.15, -0.1) is 0 Å². The third-order valence-corrected chi connectivity index (χ3v) is 7.17. The summed E-state index contributed by atoms with van der Waals surface area (Å²) in [5.41, 5.74) is 2.18. The summed E-state index contributed by atoms with van der Waals surface area (Å²) in [5.74, 6) is 0.218. The molecule has 0 fully saturated rings. The Morgan fingerprint density at radius 3 is 2.30 bits per heavy atom. The highest BCUT2D eigenvalue weighted by Crippen LogP contribution is 2.29. The summed E-state index contributed by atoms with van der Waals surface area (Å²) in [6, 6.07) is 12.7. The van der Waals surface area contributed by atoms with Crippen molar-refractivity contribution in [3.8, 4) is 16.9 Å². The Hall–Kier alpha value is -2.64. The Bertz CT molecular complexity index is 1020. The van der Waals surface area contributed by atoms with E-state index in [0.717, 1.165) is 36.3 Å². The van der Waals surface area contributed by atoms with Crippen molar-refractivity contribution in [1.29, 1.82) is 0 Å². The molecule has 0 bridgehead atoms. The first-order valence-electron chi connectivity index (χ1n) is 11.3. The third kappa shape index (κ3) is 8.02. The van der Waals surface area contributed by atoms with Gasteiger partial charge in [0.1, 0.15) is 12.4 Å². The monoisotopic (exact) mass is 474 g/mol. The Morgan fingerprint density at radius 1 is 0.970 bits per heavy atom. The van der Waals surface area contributed by atoms with Crippen LogP contribution >= 0.6 is 0 Å². The molecule has 0 radical (unpaired) electrons. The lowest BCUT2D eigenvalue weighted by Gasteiger charge is -2.13. The summed E-state index contributed by atoms with van der Waals surface area (Å²) < 4.78 is 41.8. The number of hydrogen-bond donors (Lipinski definition) is 0.